The molecule has 1 saturated heterocycles. The van der Waals surface area contributed by atoms with E-state index in [0.29, 0.717) is 12.7 Å². The molecule has 100 valence electrons. The highest BCUT2D eigenvalue weighted by molar-refractivity contribution is 9.10. The highest BCUT2D eigenvalue weighted by Crippen LogP contribution is 2.25. The molecule has 0 aliphatic carbocycles. The van der Waals surface area contributed by atoms with E-state index in [1.54, 1.807) is 0 Å². The number of likely N-dealkylation sites (N-methyl/N-ethyl adjacent to an activating group) is 1. The molecule has 1 aromatic carbocycles. The van der Waals surface area contributed by atoms with Crippen LogP contribution < -0.4 is 0 Å². The van der Waals surface area contributed by atoms with Crippen molar-refractivity contribution in [1.29, 1.82) is 0 Å². The maximum Gasteiger partial charge on any atom is 0.245 e. The van der Waals surface area contributed by atoms with Crippen molar-refractivity contribution in [2.24, 2.45) is 0 Å². The molecule has 0 spiro atoms. The van der Waals surface area contributed by atoms with Gasteiger partial charge < -0.3 is 4.74 Å². The molecule has 0 saturated carbocycles. The number of benzene rings is 1. The number of ether oxygens (including phenoxy) is 1. The van der Waals surface area contributed by atoms with Gasteiger partial charge in [-0.25, -0.2) is 17.2 Å². The van der Waals surface area contributed by atoms with Crippen molar-refractivity contribution < 1.29 is 21.9 Å². The predicted octanol–water partition coefficient (Wildman–Crippen LogP) is 1.75. The van der Waals surface area contributed by atoms with Crippen molar-refractivity contribution in [3.63, 3.8) is 0 Å². The highest BCUT2D eigenvalue weighted by atomic mass is 79.9. The van der Waals surface area contributed by atoms with E-state index in [2.05, 4.69) is 15.9 Å². The lowest BCUT2D eigenvalue weighted by Gasteiger charge is -2.16. The van der Waals surface area contributed by atoms with E-state index in [4.69, 9.17) is 4.74 Å². The van der Waals surface area contributed by atoms with Crippen LogP contribution in [-0.4, -0.2) is 39.0 Å². The highest BCUT2D eigenvalue weighted by Gasteiger charge is 2.32. The zero-order chi connectivity index (χ0) is 13.5. The summed E-state index contributed by atoms with van der Waals surface area (Å²) in [5.41, 5.74) is 0. The van der Waals surface area contributed by atoms with Crippen LogP contribution in [0.3, 0.4) is 0 Å². The first-order chi connectivity index (χ1) is 8.32. The summed E-state index contributed by atoms with van der Waals surface area (Å²) in [7, 11) is -2.74. The fourth-order valence-corrected chi connectivity index (χ4v) is 3.00. The van der Waals surface area contributed by atoms with Crippen molar-refractivity contribution in [2.45, 2.75) is 11.0 Å². The van der Waals surface area contributed by atoms with Crippen molar-refractivity contribution in [3.8, 4) is 0 Å². The summed E-state index contributed by atoms with van der Waals surface area (Å²) >= 11 is 2.79. The summed E-state index contributed by atoms with van der Waals surface area (Å²) in [6.07, 6.45) is -0.159. The van der Waals surface area contributed by atoms with Crippen LogP contribution >= 0.6 is 15.9 Å². The molecule has 1 fully saturated rings. The number of halogens is 3. The van der Waals surface area contributed by atoms with Crippen LogP contribution in [0, 0.1) is 11.6 Å². The normalized spacial score (nSPS) is 19.3. The van der Waals surface area contributed by atoms with E-state index in [1.165, 1.54) is 7.05 Å². The molecule has 1 aliphatic rings. The van der Waals surface area contributed by atoms with E-state index < -0.39 is 26.6 Å². The van der Waals surface area contributed by atoms with Gasteiger partial charge in [0.25, 0.3) is 0 Å². The third-order valence-electron chi connectivity index (χ3n) is 2.53. The lowest BCUT2D eigenvalue weighted by atomic mass is 10.3. The second kappa shape index (κ2) is 4.84. The van der Waals surface area contributed by atoms with Crippen molar-refractivity contribution in [1.82, 2.24) is 4.31 Å². The quantitative estimate of drug-likeness (QED) is 0.619. The van der Waals surface area contributed by atoms with Gasteiger partial charge in [-0.2, -0.15) is 4.31 Å². The average molecular weight is 342 g/mol. The summed E-state index contributed by atoms with van der Waals surface area (Å²) < 4.78 is 56.7. The summed E-state index contributed by atoms with van der Waals surface area (Å²) in [6, 6.07) is 1.46. The molecular weight excluding hydrogens is 332 g/mol. The number of rotatable bonds is 4. The number of epoxide rings is 1. The number of hydrogen-bond donors (Lipinski definition) is 0. The summed E-state index contributed by atoms with van der Waals surface area (Å²) in [4.78, 5) is -0.675. The molecule has 1 heterocycles. The van der Waals surface area contributed by atoms with Gasteiger partial charge in [0.05, 0.1) is 17.2 Å². The standard InChI is InChI=1S/C10H10BrF2NO3S/c1-14(4-6-5-17-6)18(15,16)10-3-8(12)7(11)2-9(10)13/h2-3,6H,4-5H2,1H3. The van der Waals surface area contributed by atoms with Crippen LogP contribution in [-0.2, 0) is 14.8 Å². The van der Waals surface area contributed by atoms with Crippen LogP contribution in [0.2, 0.25) is 0 Å². The lowest BCUT2D eigenvalue weighted by molar-refractivity contribution is 0.358. The molecule has 8 heteroatoms. The van der Waals surface area contributed by atoms with Crippen LogP contribution in [0.15, 0.2) is 21.5 Å². The minimum atomic E-state index is -4.05. The third-order valence-corrected chi connectivity index (χ3v) is 4.97. The largest absolute Gasteiger partial charge is 0.372 e. The van der Waals surface area contributed by atoms with E-state index in [9.17, 15) is 17.2 Å². The number of hydrogen-bond acceptors (Lipinski definition) is 3. The molecule has 0 bridgehead atoms. The Morgan fingerprint density at radius 3 is 2.61 bits per heavy atom. The molecule has 1 aliphatic heterocycles. The Labute approximate surface area is 112 Å². The summed E-state index contributed by atoms with van der Waals surface area (Å²) in [5, 5.41) is 0. The Morgan fingerprint density at radius 1 is 1.44 bits per heavy atom. The first kappa shape index (κ1) is 13.9. The maximum atomic E-state index is 13.6. The van der Waals surface area contributed by atoms with Gasteiger partial charge in [-0.15, -0.1) is 0 Å². The van der Waals surface area contributed by atoms with E-state index >= 15 is 0 Å². The van der Waals surface area contributed by atoms with E-state index in [1.807, 2.05) is 0 Å². The van der Waals surface area contributed by atoms with Gasteiger partial charge in [-0.05, 0) is 28.1 Å². The van der Waals surface area contributed by atoms with Crippen LogP contribution in [0.25, 0.3) is 0 Å². The van der Waals surface area contributed by atoms with Crippen LogP contribution in [0.4, 0.5) is 8.78 Å². The number of sulfonamides is 1. The van der Waals surface area contributed by atoms with E-state index in [-0.39, 0.29) is 17.1 Å². The Morgan fingerprint density at radius 2 is 2.06 bits per heavy atom. The van der Waals surface area contributed by atoms with Crippen molar-refractivity contribution in [2.75, 3.05) is 20.2 Å². The first-order valence-corrected chi connectivity index (χ1v) is 7.28. The molecule has 18 heavy (non-hydrogen) atoms. The monoisotopic (exact) mass is 341 g/mol. The van der Waals surface area contributed by atoms with Crippen molar-refractivity contribution >= 4 is 26.0 Å². The van der Waals surface area contributed by atoms with Gasteiger partial charge in [0.2, 0.25) is 10.0 Å². The molecule has 0 amide bonds. The Kier molecular flexibility index (Phi) is 3.72. The van der Waals surface area contributed by atoms with Crippen molar-refractivity contribution in [3.05, 3.63) is 28.2 Å². The zero-order valence-electron chi connectivity index (χ0n) is 9.36. The Bertz CT molecular complexity index is 575. The van der Waals surface area contributed by atoms with Gasteiger partial charge in [-0.3, -0.25) is 0 Å². The topological polar surface area (TPSA) is 49.9 Å². The zero-order valence-corrected chi connectivity index (χ0v) is 11.8. The lowest BCUT2D eigenvalue weighted by Crippen LogP contribution is -2.31. The Hall–Kier alpha value is -0.570. The molecule has 1 aromatic rings. The second-order valence-electron chi connectivity index (χ2n) is 3.94. The van der Waals surface area contributed by atoms with E-state index in [0.717, 1.165) is 10.4 Å². The molecule has 2 rings (SSSR count). The molecule has 0 radical (unpaired) electrons. The molecule has 1 atom stereocenters. The SMILES string of the molecule is CN(CC1CO1)S(=O)(=O)c1cc(F)c(Br)cc1F. The molecule has 1 unspecified atom stereocenters. The minimum absolute atomic E-state index is 0.118. The fraction of sp³-hybridized carbons (Fsp3) is 0.400. The molecule has 0 N–H and O–H groups in total. The van der Waals surface area contributed by atoms with Gasteiger partial charge in [0.1, 0.15) is 16.5 Å². The fourth-order valence-electron chi connectivity index (χ4n) is 1.43. The van der Waals surface area contributed by atoms with Gasteiger partial charge in [0.15, 0.2) is 0 Å². The number of nitrogens with zero attached hydrogens (tertiary/aromatic N) is 1. The van der Waals surface area contributed by atoms with Gasteiger partial charge in [0, 0.05) is 13.6 Å². The Balaban J connectivity index is 2.36. The first-order valence-electron chi connectivity index (χ1n) is 5.05. The smallest absolute Gasteiger partial charge is 0.245 e. The third kappa shape index (κ3) is 2.71. The van der Waals surface area contributed by atoms with Gasteiger partial charge >= 0.3 is 0 Å². The molecular formula is C10H10BrF2NO3S. The maximum absolute atomic E-state index is 13.6. The summed E-state index contributed by atoms with van der Waals surface area (Å²) in [6.45, 7) is 0.608. The van der Waals surface area contributed by atoms with Crippen LogP contribution in [0.5, 0.6) is 0 Å². The minimum Gasteiger partial charge on any atom is -0.372 e. The van der Waals surface area contributed by atoms with Crippen LogP contribution in [0.1, 0.15) is 0 Å². The predicted molar refractivity (Wildman–Crippen MR) is 63.6 cm³/mol. The molecule has 4 nitrogen and oxygen atoms in total. The van der Waals surface area contributed by atoms with Gasteiger partial charge in [-0.1, -0.05) is 0 Å². The second-order valence-corrected chi connectivity index (χ2v) is 6.81. The summed E-state index contributed by atoms with van der Waals surface area (Å²) in [5.74, 6) is -1.82. The average Bonchev–Trinajstić information content (AvgIpc) is 3.07. The molecule has 0 aromatic heterocycles.